The van der Waals surface area contributed by atoms with Crippen LogP contribution in [0.15, 0.2) is 23.1 Å². The molecule has 80 valence electrons. The average Bonchev–Trinajstić information content (AvgIpc) is 2.17. The molecule has 0 fully saturated rings. The Labute approximate surface area is 90.3 Å². The monoisotopic (exact) mass is 227 g/mol. The largest absolute Gasteiger partial charge is 0.478 e. The summed E-state index contributed by atoms with van der Waals surface area (Å²) in [7, 11) is 0. The standard InChI is InChI=1S/C9H9NO4S/c1-2-15-8-5-6(10(13)14)3-4-7(8)9(11)12/h3-5H,2H2,1H3,(H,11,12). The molecule has 0 bridgehead atoms. The number of hydrogen-bond acceptors (Lipinski definition) is 4. The average molecular weight is 227 g/mol. The first-order valence-corrected chi connectivity index (χ1v) is 5.19. The van der Waals surface area contributed by atoms with Gasteiger partial charge in [-0.3, -0.25) is 10.1 Å². The van der Waals surface area contributed by atoms with E-state index in [4.69, 9.17) is 5.11 Å². The molecule has 0 radical (unpaired) electrons. The number of nitro benzene ring substituents is 1. The molecule has 0 unspecified atom stereocenters. The first-order chi connectivity index (χ1) is 7.06. The maximum Gasteiger partial charge on any atom is 0.336 e. The van der Waals surface area contributed by atoms with Crippen LogP contribution in [-0.2, 0) is 0 Å². The van der Waals surface area contributed by atoms with E-state index < -0.39 is 10.9 Å². The lowest BCUT2D eigenvalue weighted by atomic mass is 10.2. The van der Waals surface area contributed by atoms with Gasteiger partial charge in [-0.1, -0.05) is 6.92 Å². The number of non-ortho nitro benzene ring substituents is 1. The zero-order valence-electron chi connectivity index (χ0n) is 7.97. The summed E-state index contributed by atoms with van der Waals surface area (Å²) >= 11 is 1.28. The molecule has 0 heterocycles. The van der Waals surface area contributed by atoms with E-state index in [1.165, 1.54) is 30.0 Å². The van der Waals surface area contributed by atoms with Crippen molar-refractivity contribution in [2.45, 2.75) is 11.8 Å². The second-order valence-corrected chi connectivity index (χ2v) is 3.98. The van der Waals surface area contributed by atoms with E-state index in [0.29, 0.717) is 10.6 Å². The summed E-state index contributed by atoms with van der Waals surface area (Å²) in [6.45, 7) is 1.86. The van der Waals surface area contributed by atoms with Crippen molar-refractivity contribution in [1.82, 2.24) is 0 Å². The number of nitro groups is 1. The zero-order valence-corrected chi connectivity index (χ0v) is 8.78. The summed E-state index contributed by atoms with van der Waals surface area (Å²) in [4.78, 5) is 21.2. The van der Waals surface area contributed by atoms with Crippen molar-refractivity contribution in [3.8, 4) is 0 Å². The van der Waals surface area contributed by atoms with Gasteiger partial charge in [0.1, 0.15) is 0 Å². The zero-order chi connectivity index (χ0) is 11.4. The summed E-state index contributed by atoms with van der Waals surface area (Å²) in [6, 6.07) is 3.75. The second-order valence-electron chi connectivity index (χ2n) is 2.68. The lowest BCUT2D eigenvalue weighted by Gasteiger charge is -2.03. The molecule has 6 heteroatoms. The number of thioether (sulfide) groups is 1. The van der Waals surface area contributed by atoms with Crippen LogP contribution < -0.4 is 0 Å². The number of benzene rings is 1. The number of rotatable bonds is 4. The van der Waals surface area contributed by atoms with Gasteiger partial charge in [0.25, 0.3) is 5.69 Å². The lowest BCUT2D eigenvalue weighted by molar-refractivity contribution is -0.385. The highest BCUT2D eigenvalue weighted by molar-refractivity contribution is 7.99. The molecule has 0 amide bonds. The molecule has 1 N–H and O–H groups in total. The van der Waals surface area contributed by atoms with Crippen LogP contribution in [0.3, 0.4) is 0 Å². The third-order valence-corrected chi connectivity index (χ3v) is 2.64. The van der Waals surface area contributed by atoms with Gasteiger partial charge in [0.05, 0.1) is 10.5 Å². The normalized spacial score (nSPS) is 9.93. The SMILES string of the molecule is CCSc1cc([N+](=O)[O-])ccc1C(=O)O. The van der Waals surface area contributed by atoms with Gasteiger partial charge < -0.3 is 5.11 Å². The minimum absolute atomic E-state index is 0.0871. The van der Waals surface area contributed by atoms with Gasteiger partial charge in [-0.15, -0.1) is 11.8 Å². The molecule has 0 saturated heterocycles. The van der Waals surface area contributed by atoms with Gasteiger partial charge in [0.15, 0.2) is 0 Å². The molecule has 0 atom stereocenters. The molecular weight excluding hydrogens is 218 g/mol. The lowest BCUT2D eigenvalue weighted by Crippen LogP contribution is -2.00. The third-order valence-electron chi connectivity index (χ3n) is 1.71. The molecule has 1 rings (SSSR count). The molecule has 1 aromatic rings. The Bertz CT molecular complexity index is 405. The van der Waals surface area contributed by atoms with Gasteiger partial charge in [0, 0.05) is 17.0 Å². The summed E-state index contributed by atoms with van der Waals surface area (Å²) < 4.78 is 0. The van der Waals surface area contributed by atoms with Crippen molar-refractivity contribution in [3.63, 3.8) is 0 Å². The number of carboxylic acid groups (broad SMARTS) is 1. The van der Waals surface area contributed by atoms with E-state index in [9.17, 15) is 14.9 Å². The molecule has 15 heavy (non-hydrogen) atoms. The summed E-state index contributed by atoms with van der Waals surface area (Å²) in [5, 5.41) is 19.3. The van der Waals surface area contributed by atoms with E-state index >= 15 is 0 Å². The molecule has 5 nitrogen and oxygen atoms in total. The Morgan fingerprint density at radius 2 is 2.27 bits per heavy atom. The van der Waals surface area contributed by atoms with E-state index in [-0.39, 0.29) is 11.3 Å². The van der Waals surface area contributed by atoms with Crippen LogP contribution in [0.5, 0.6) is 0 Å². The minimum Gasteiger partial charge on any atom is -0.478 e. The molecule has 1 aromatic carbocycles. The number of aromatic carboxylic acids is 1. The van der Waals surface area contributed by atoms with Gasteiger partial charge >= 0.3 is 5.97 Å². The van der Waals surface area contributed by atoms with Crippen LogP contribution >= 0.6 is 11.8 Å². The molecule has 0 aliphatic rings. The van der Waals surface area contributed by atoms with E-state index in [1.54, 1.807) is 0 Å². The second kappa shape index (κ2) is 4.79. The molecule has 0 aromatic heterocycles. The van der Waals surface area contributed by atoms with E-state index in [0.717, 1.165) is 0 Å². The van der Waals surface area contributed by atoms with Crippen LogP contribution in [0.25, 0.3) is 0 Å². The highest BCUT2D eigenvalue weighted by atomic mass is 32.2. The maximum atomic E-state index is 10.8. The topological polar surface area (TPSA) is 80.4 Å². The van der Waals surface area contributed by atoms with Gasteiger partial charge in [0.2, 0.25) is 0 Å². The molecule has 0 spiro atoms. The van der Waals surface area contributed by atoms with Crippen molar-refractivity contribution in [1.29, 1.82) is 0 Å². The Morgan fingerprint density at radius 3 is 2.73 bits per heavy atom. The Kier molecular flexibility index (Phi) is 3.68. The first kappa shape index (κ1) is 11.5. The van der Waals surface area contributed by atoms with Gasteiger partial charge in [-0.25, -0.2) is 4.79 Å². The number of carboxylic acids is 1. The van der Waals surface area contributed by atoms with Crippen molar-refractivity contribution in [3.05, 3.63) is 33.9 Å². The van der Waals surface area contributed by atoms with Crippen LogP contribution in [0, 0.1) is 10.1 Å². The van der Waals surface area contributed by atoms with Crippen LogP contribution in [0.1, 0.15) is 17.3 Å². The van der Waals surface area contributed by atoms with E-state index in [2.05, 4.69) is 0 Å². The van der Waals surface area contributed by atoms with E-state index in [1.807, 2.05) is 6.92 Å². The van der Waals surface area contributed by atoms with Crippen molar-refractivity contribution in [2.75, 3.05) is 5.75 Å². The fourth-order valence-corrected chi connectivity index (χ4v) is 1.90. The highest BCUT2D eigenvalue weighted by Gasteiger charge is 2.14. The molecule has 0 saturated carbocycles. The first-order valence-electron chi connectivity index (χ1n) is 4.20. The number of carbonyl (C=O) groups is 1. The molecular formula is C9H9NO4S. The smallest absolute Gasteiger partial charge is 0.336 e. The van der Waals surface area contributed by atoms with Crippen molar-refractivity contribution < 1.29 is 14.8 Å². The van der Waals surface area contributed by atoms with Crippen LogP contribution in [0.4, 0.5) is 5.69 Å². The Hall–Kier alpha value is -1.56. The molecule has 0 aliphatic heterocycles. The number of nitrogens with zero attached hydrogens (tertiary/aromatic N) is 1. The highest BCUT2D eigenvalue weighted by Crippen LogP contribution is 2.27. The van der Waals surface area contributed by atoms with Gasteiger partial charge in [-0.05, 0) is 11.8 Å². The maximum absolute atomic E-state index is 10.8. The summed E-state index contributed by atoms with van der Waals surface area (Å²) in [6.07, 6.45) is 0. The number of hydrogen-bond donors (Lipinski definition) is 1. The van der Waals surface area contributed by atoms with Crippen molar-refractivity contribution >= 4 is 23.4 Å². The fourth-order valence-electron chi connectivity index (χ4n) is 1.08. The Morgan fingerprint density at radius 1 is 1.60 bits per heavy atom. The quantitative estimate of drug-likeness (QED) is 0.485. The predicted octanol–water partition coefficient (Wildman–Crippen LogP) is 2.41. The minimum atomic E-state index is -1.07. The predicted molar refractivity (Wildman–Crippen MR) is 56.5 cm³/mol. The van der Waals surface area contributed by atoms with Crippen molar-refractivity contribution in [2.24, 2.45) is 0 Å². The van der Waals surface area contributed by atoms with Gasteiger partial charge in [-0.2, -0.15) is 0 Å². The molecule has 0 aliphatic carbocycles. The Balaban J connectivity index is 3.20. The van der Waals surface area contributed by atoms with Crippen LogP contribution in [-0.4, -0.2) is 21.8 Å². The summed E-state index contributed by atoms with van der Waals surface area (Å²) in [5.74, 6) is -0.401. The fraction of sp³-hybridized carbons (Fsp3) is 0.222. The third kappa shape index (κ3) is 2.69. The summed E-state index contributed by atoms with van der Waals surface area (Å²) in [5.41, 5.74) is 0.0170. The van der Waals surface area contributed by atoms with Crippen LogP contribution in [0.2, 0.25) is 0 Å².